The van der Waals surface area contributed by atoms with Gasteiger partial charge in [0, 0.05) is 31.8 Å². The van der Waals surface area contributed by atoms with Crippen molar-refractivity contribution in [1.29, 1.82) is 0 Å². The maximum atomic E-state index is 12.2. The lowest BCUT2D eigenvalue weighted by Gasteiger charge is -2.11. The molecule has 0 bridgehead atoms. The summed E-state index contributed by atoms with van der Waals surface area (Å²) in [4.78, 5) is 11.8. The SMILES string of the molecule is NCCNC(=O)c1ccc(S(=O)(=O)NCC2CCCO2)cc1. The van der Waals surface area contributed by atoms with Gasteiger partial charge < -0.3 is 15.8 Å². The minimum Gasteiger partial charge on any atom is -0.377 e. The summed E-state index contributed by atoms with van der Waals surface area (Å²) < 4.78 is 32.2. The lowest BCUT2D eigenvalue weighted by Crippen LogP contribution is -2.32. The zero-order valence-corrected chi connectivity index (χ0v) is 13.1. The molecule has 22 heavy (non-hydrogen) atoms. The second-order valence-corrected chi connectivity index (χ2v) is 6.82. The van der Waals surface area contributed by atoms with E-state index in [1.807, 2.05) is 0 Å². The maximum absolute atomic E-state index is 12.2. The van der Waals surface area contributed by atoms with Gasteiger partial charge in [0.25, 0.3) is 5.91 Å². The molecular formula is C14H21N3O4S. The molecule has 1 amide bonds. The monoisotopic (exact) mass is 327 g/mol. The summed E-state index contributed by atoms with van der Waals surface area (Å²) in [5.41, 5.74) is 5.70. The summed E-state index contributed by atoms with van der Waals surface area (Å²) in [6.07, 6.45) is 1.76. The van der Waals surface area contributed by atoms with Gasteiger partial charge in [0.05, 0.1) is 11.0 Å². The topological polar surface area (TPSA) is 111 Å². The number of carbonyl (C=O) groups is 1. The molecule has 1 atom stereocenters. The molecule has 1 aromatic carbocycles. The van der Waals surface area contributed by atoms with Crippen molar-refractivity contribution in [2.75, 3.05) is 26.2 Å². The molecule has 8 heteroatoms. The number of benzene rings is 1. The van der Waals surface area contributed by atoms with Gasteiger partial charge in [-0.25, -0.2) is 13.1 Å². The maximum Gasteiger partial charge on any atom is 0.251 e. The first kappa shape index (κ1) is 16.9. The van der Waals surface area contributed by atoms with Crippen molar-refractivity contribution in [3.63, 3.8) is 0 Å². The molecule has 0 aliphatic carbocycles. The zero-order chi connectivity index (χ0) is 16.0. The number of amides is 1. The van der Waals surface area contributed by atoms with Gasteiger partial charge in [0.15, 0.2) is 0 Å². The Morgan fingerprint density at radius 1 is 1.32 bits per heavy atom. The van der Waals surface area contributed by atoms with Crippen LogP contribution in [0, 0.1) is 0 Å². The van der Waals surface area contributed by atoms with E-state index in [1.54, 1.807) is 0 Å². The first-order valence-electron chi connectivity index (χ1n) is 7.22. The Morgan fingerprint density at radius 2 is 2.05 bits per heavy atom. The van der Waals surface area contributed by atoms with E-state index in [2.05, 4.69) is 10.0 Å². The van der Waals surface area contributed by atoms with Crippen molar-refractivity contribution in [1.82, 2.24) is 10.0 Å². The van der Waals surface area contributed by atoms with Crippen molar-refractivity contribution in [2.24, 2.45) is 5.73 Å². The summed E-state index contributed by atoms with van der Waals surface area (Å²) in [7, 11) is -3.59. The highest BCUT2D eigenvalue weighted by molar-refractivity contribution is 7.89. The van der Waals surface area contributed by atoms with Crippen LogP contribution in [0.3, 0.4) is 0 Å². The molecule has 1 saturated heterocycles. The number of rotatable bonds is 7. The van der Waals surface area contributed by atoms with E-state index in [0.717, 1.165) is 12.8 Å². The highest BCUT2D eigenvalue weighted by atomic mass is 32.2. The molecule has 1 fully saturated rings. The number of carbonyl (C=O) groups excluding carboxylic acids is 1. The average molecular weight is 327 g/mol. The van der Waals surface area contributed by atoms with Crippen LogP contribution in [-0.4, -0.2) is 46.7 Å². The Morgan fingerprint density at radius 3 is 2.64 bits per heavy atom. The lowest BCUT2D eigenvalue weighted by molar-refractivity contribution is 0.0954. The van der Waals surface area contributed by atoms with Crippen LogP contribution >= 0.6 is 0 Å². The minimum atomic E-state index is -3.59. The van der Waals surface area contributed by atoms with Gasteiger partial charge in [-0.05, 0) is 37.1 Å². The zero-order valence-electron chi connectivity index (χ0n) is 12.2. The van der Waals surface area contributed by atoms with E-state index in [4.69, 9.17) is 10.5 Å². The summed E-state index contributed by atoms with van der Waals surface area (Å²) >= 11 is 0. The predicted octanol–water partition coefficient (Wildman–Crippen LogP) is -0.168. The number of hydrogen-bond acceptors (Lipinski definition) is 5. The van der Waals surface area contributed by atoms with E-state index in [9.17, 15) is 13.2 Å². The van der Waals surface area contributed by atoms with E-state index < -0.39 is 10.0 Å². The van der Waals surface area contributed by atoms with Gasteiger partial charge in [0.1, 0.15) is 0 Å². The highest BCUT2D eigenvalue weighted by Crippen LogP contribution is 2.14. The molecule has 1 aliphatic rings. The van der Waals surface area contributed by atoms with E-state index in [0.29, 0.717) is 25.3 Å². The standard InChI is InChI=1S/C14H21N3O4S/c15-7-8-16-14(18)11-3-5-13(6-4-11)22(19,20)17-10-12-2-1-9-21-12/h3-6,12,17H,1-2,7-10,15H2,(H,16,18). The molecule has 1 aromatic rings. The number of sulfonamides is 1. The summed E-state index contributed by atoms with van der Waals surface area (Å²) in [5, 5.41) is 2.62. The van der Waals surface area contributed by atoms with Crippen LogP contribution in [0.15, 0.2) is 29.2 Å². The van der Waals surface area contributed by atoms with Crippen molar-refractivity contribution in [3.05, 3.63) is 29.8 Å². The normalized spacial score (nSPS) is 18.3. The molecule has 122 valence electrons. The van der Waals surface area contributed by atoms with Gasteiger partial charge in [-0.2, -0.15) is 0 Å². The van der Waals surface area contributed by atoms with Crippen LogP contribution in [0.2, 0.25) is 0 Å². The first-order valence-corrected chi connectivity index (χ1v) is 8.71. The van der Waals surface area contributed by atoms with Gasteiger partial charge in [-0.1, -0.05) is 0 Å². The summed E-state index contributed by atoms with van der Waals surface area (Å²) in [6.45, 7) is 1.67. The molecule has 7 nitrogen and oxygen atoms in total. The van der Waals surface area contributed by atoms with Gasteiger partial charge in [0.2, 0.25) is 10.0 Å². The van der Waals surface area contributed by atoms with Gasteiger partial charge in [-0.3, -0.25) is 4.79 Å². The molecular weight excluding hydrogens is 306 g/mol. The molecule has 2 rings (SSSR count). The van der Waals surface area contributed by atoms with Crippen molar-refractivity contribution < 1.29 is 17.9 Å². The highest BCUT2D eigenvalue weighted by Gasteiger charge is 2.20. The van der Waals surface area contributed by atoms with Crippen LogP contribution in [0.1, 0.15) is 23.2 Å². The van der Waals surface area contributed by atoms with Gasteiger partial charge in [-0.15, -0.1) is 0 Å². The second-order valence-electron chi connectivity index (χ2n) is 5.06. The number of nitrogens with two attached hydrogens (primary N) is 1. The Bertz CT molecular complexity index is 595. The predicted molar refractivity (Wildman–Crippen MR) is 82.0 cm³/mol. The van der Waals surface area contributed by atoms with Crippen LogP contribution < -0.4 is 15.8 Å². The Hall–Kier alpha value is -1.48. The third-order valence-electron chi connectivity index (χ3n) is 3.38. The van der Waals surface area contributed by atoms with Crippen LogP contribution in [0.4, 0.5) is 0 Å². The fourth-order valence-electron chi connectivity index (χ4n) is 2.16. The molecule has 1 heterocycles. The first-order chi connectivity index (χ1) is 10.5. The number of ether oxygens (including phenoxy) is 1. The average Bonchev–Trinajstić information content (AvgIpc) is 3.04. The third kappa shape index (κ3) is 4.51. The third-order valence-corrected chi connectivity index (χ3v) is 4.82. The van der Waals surface area contributed by atoms with Crippen molar-refractivity contribution in [3.8, 4) is 0 Å². The largest absolute Gasteiger partial charge is 0.377 e. The number of nitrogens with one attached hydrogen (secondary N) is 2. The summed E-state index contributed by atoms with van der Waals surface area (Å²) in [6, 6.07) is 5.78. The Labute approximate surface area is 130 Å². The van der Waals surface area contributed by atoms with Gasteiger partial charge >= 0.3 is 0 Å². The van der Waals surface area contributed by atoms with Crippen LogP contribution in [-0.2, 0) is 14.8 Å². The van der Waals surface area contributed by atoms with Crippen molar-refractivity contribution >= 4 is 15.9 Å². The quantitative estimate of drug-likeness (QED) is 0.644. The Balaban J connectivity index is 1.97. The van der Waals surface area contributed by atoms with Crippen molar-refractivity contribution in [2.45, 2.75) is 23.8 Å². The molecule has 1 aliphatic heterocycles. The van der Waals surface area contributed by atoms with E-state index in [1.165, 1.54) is 24.3 Å². The molecule has 1 unspecified atom stereocenters. The fourth-order valence-corrected chi connectivity index (χ4v) is 3.23. The second kappa shape index (κ2) is 7.68. The smallest absolute Gasteiger partial charge is 0.251 e. The molecule has 0 saturated carbocycles. The van der Waals surface area contributed by atoms with Crippen LogP contribution in [0.5, 0.6) is 0 Å². The molecule has 0 aromatic heterocycles. The molecule has 0 radical (unpaired) electrons. The molecule has 4 N–H and O–H groups in total. The number of hydrogen-bond donors (Lipinski definition) is 3. The fraction of sp³-hybridized carbons (Fsp3) is 0.500. The summed E-state index contributed by atoms with van der Waals surface area (Å²) in [5.74, 6) is -0.276. The van der Waals surface area contributed by atoms with E-state index >= 15 is 0 Å². The van der Waals surface area contributed by atoms with Crippen LogP contribution in [0.25, 0.3) is 0 Å². The molecule has 0 spiro atoms. The Kier molecular flexibility index (Phi) is 5.90. The van der Waals surface area contributed by atoms with E-state index in [-0.39, 0.29) is 23.5 Å². The minimum absolute atomic E-state index is 0.0592. The lowest BCUT2D eigenvalue weighted by atomic mass is 10.2.